The zero-order valence-electron chi connectivity index (χ0n) is 18.9. The van der Waals surface area contributed by atoms with Crippen LogP contribution in [0.15, 0.2) is 0 Å². The van der Waals surface area contributed by atoms with Crippen molar-refractivity contribution >= 4 is 11.8 Å². The van der Waals surface area contributed by atoms with Crippen molar-refractivity contribution in [2.45, 2.75) is 53.0 Å². The van der Waals surface area contributed by atoms with Crippen LogP contribution < -0.4 is 10.6 Å². The fraction of sp³-hybridized carbons (Fsp3) is 0.900. The van der Waals surface area contributed by atoms with Gasteiger partial charge in [0.05, 0.1) is 19.8 Å². The summed E-state index contributed by atoms with van der Waals surface area (Å²) in [5.41, 5.74) is 0. The molecule has 10 nitrogen and oxygen atoms in total. The highest BCUT2D eigenvalue weighted by atomic mass is 16.8. The molecule has 0 aromatic rings. The van der Waals surface area contributed by atoms with Gasteiger partial charge >= 0.3 is 0 Å². The minimum absolute atomic E-state index is 0.0636. The second kappa shape index (κ2) is 21.0. The first-order valence-electron chi connectivity index (χ1n) is 10.4. The van der Waals surface area contributed by atoms with E-state index < -0.39 is 0 Å². The molecular formula is C20H40N2O8. The lowest BCUT2D eigenvalue weighted by molar-refractivity contribution is -0.193. The molecule has 30 heavy (non-hydrogen) atoms. The first-order chi connectivity index (χ1) is 14.4. The van der Waals surface area contributed by atoms with Gasteiger partial charge in [0.15, 0.2) is 13.6 Å². The van der Waals surface area contributed by atoms with Crippen LogP contribution in [0.5, 0.6) is 0 Å². The summed E-state index contributed by atoms with van der Waals surface area (Å²) in [6.07, 6.45) is 1.35. The van der Waals surface area contributed by atoms with Gasteiger partial charge in [0.25, 0.3) is 0 Å². The summed E-state index contributed by atoms with van der Waals surface area (Å²) < 4.78 is 31.1. The monoisotopic (exact) mass is 436 g/mol. The lowest BCUT2D eigenvalue weighted by Gasteiger charge is -2.09. The standard InChI is InChI=1S/C20H40N2O8/c1-17(2)7-9-26-13-28-15-30-16-29-14-27-12-11-25-10-8-21-19(23)5-6-20(24)22-18(3)4/h17-18H,5-16H2,1-4H3,(H,21,23)(H,22,24). The van der Waals surface area contributed by atoms with Gasteiger partial charge < -0.3 is 39.1 Å². The van der Waals surface area contributed by atoms with Gasteiger partial charge in [-0.25, -0.2) is 0 Å². The third-order valence-corrected chi connectivity index (χ3v) is 3.48. The smallest absolute Gasteiger partial charge is 0.220 e. The molecule has 2 amide bonds. The van der Waals surface area contributed by atoms with Gasteiger partial charge in [-0.1, -0.05) is 13.8 Å². The predicted octanol–water partition coefficient (Wildman–Crippen LogP) is 1.38. The number of ether oxygens (including phenoxy) is 6. The fourth-order valence-electron chi connectivity index (χ4n) is 1.97. The van der Waals surface area contributed by atoms with Crippen molar-refractivity contribution in [3.8, 4) is 0 Å². The maximum atomic E-state index is 11.6. The van der Waals surface area contributed by atoms with Crippen LogP contribution in [-0.2, 0) is 38.0 Å². The summed E-state index contributed by atoms with van der Waals surface area (Å²) in [6.45, 7) is 10.7. The molecule has 0 bridgehead atoms. The summed E-state index contributed by atoms with van der Waals surface area (Å²) in [4.78, 5) is 23.0. The van der Waals surface area contributed by atoms with Crippen LogP contribution >= 0.6 is 0 Å². The summed E-state index contributed by atoms with van der Waals surface area (Å²) in [6, 6.07) is 0.0764. The van der Waals surface area contributed by atoms with E-state index in [4.69, 9.17) is 28.4 Å². The number of carbonyl (C=O) groups is 2. The van der Waals surface area contributed by atoms with Crippen LogP contribution in [0.25, 0.3) is 0 Å². The molecule has 0 aromatic heterocycles. The van der Waals surface area contributed by atoms with Gasteiger partial charge in [-0.2, -0.15) is 0 Å². The topological polar surface area (TPSA) is 114 Å². The molecule has 0 heterocycles. The summed E-state index contributed by atoms with van der Waals surface area (Å²) in [5, 5.41) is 5.43. The second-order valence-corrected chi connectivity index (χ2v) is 7.27. The Bertz CT molecular complexity index is 422. The van der Waals surface area contributed by atoms with Crippen LogP contribution in [0.1, 0.15) is 47.0 Å². The highest BCUT2D eigenvalue weighted by Crippen LogP contribution is 1.98. The Hall–Kier alpha value is -1.30. The quantitative estimate of drug-likeness (QED) is 0.205. The highest BCUT2D eigenvalue weighted by molar-refractivity contribution is 5.83. The number of nitrogens with one attached hydrogen (secondary N) is 2. The Morgan fingerprint density at radius 2 is 1.20 bits per heavy atom. The van der Waals surface area contributed by atoms with E-state index in [9.17, 15) is 9.59 Å². The molecule has 0 aliphatic carbocycles. The number of hydrogen-bond donors (Lipinski definition) is 2. The average molecular weight is 437 g/mol. The molecule has 0 spiro atoms. The Morgan fingerprint density at radius 1 is 0.667 bits per heavy atom. The third-order valence-electron chi connectivity index (χ3n) is 3.48. The normalized spacial score (nSPS) is 11.3. The Labute approximate surface area is 180 Å². The first kappa shape index (κ1) is 28.7. The molecule has 0 fully saturated rings. The van der Waals surface area contributed by atoms with Crippen LogP contribution in [0.3, 0.4) is 0 Å². The van der Waals surface area contributed by atoms with Crippen molar-refractivity contribution < 1.29 is 38.0 Å². The van der Waals surface area contributed by atoms with E-state index in [-0.39, 0.29) is 57.9 Å². The highest BCUT2D eigenvalue weighted by Gasteiger charge is 2.07. The van der Waals surface area contributed by atoms with E-state index in [2.05, 4.69) is 24.5 Å². The van der Waals surface area contributed by atoms with E-state index in [0.717, 1.165) is 6.42 Å². The SMILES string of the molecule is CC(C)CCOCOCOCOCOCCOCCNC(=O)CCC(=O)NC(C)C. The van der Waals surface area contributed by atoms with E-state index in [1.165, 1.54) is 0 Å². The second-order valence-electron chi connectivity index (χ2n) is 7.27. The van der Waals surface area contributed by atoms with E-state index in [1.807, 2.05) is 13.8 Å². The van der Waals surface area contributed by atoms with Crippen LogP contribution in [0.4, 0.5) is 0 Å². The van der Waals surface area contributed by atoms with Crippen molar-refractivity contribution in [2.75, 3.05) is 60.1 Å². The minimum Gasteiger partial charge on any atom is -0.377 e. The molecule has 0 atom stereocenters. The Kier molecular flexibility index (Phi) is 20.0. The van der Waals surface area contributed by atoms with Crippen LogP contribution in [-0.4, -0.2) is 78.0 Å². The minimum atomic E-state index is -0.173. The molecule has 0 aromatic carbocycles. The average Bonchev–Trinajstić information content (AvgIpc) is 2.68. The molecule has 10 heteroatoms. The van der Waals surface area contributed by atoms with Crippen molar-refractivity contribution in [1.82, 2.24) is 10.6 Å². The molecule has 0 radical (unpaired) electrons. The zero-order valence-corrected chi connectivity index (χ0v) is 18.9. The fourth-order valence-corrected chi connectivity index (χ4v) is 1.97. The van der Waals surface area contributed by atoms with Gasteiger partial charge in [-0.05, 0) is 26.2 Å². The van der Waals surface area contributed by atoms with E-state index in [0.29, 0.717) is 38.9 Å². The van der Waals surface area contributed by atoms with Gasteiger partial charge in [0.2, 0.25) is 11.8 Å². The zero-order chi connectivity index (χ0) is 22.5. The number of rotatable bonds is 21. The lowest BCUT2D eigenvalue weighted by atomic mass is 10.1. The number of amides is 2. The molecule has 0 aliphatic rings. The van der Waals surface area contributed by atoms with Gasteiger partial charge in [0, 0.05) is 32.0 Å². The maximum Gasteiger partial charge on any atom is 0.220 e. The molecule has 0 unspecified atom stereocenters. The largest absolute Gasteiger partial charge is 0.377 e. The molecule has 0 saturated carbocycles. The van der Waals surface area contributed by atoms with Crippen LogP contribution in [0.2, 0.25) is 0 Å². The molecule has 0 saturated heterocycles. The predicted molar refractivity (Wildman–Crippen MR) is 110 cm³/mol. The van der Waals surface area contributed by atoms with Gasteiger partial charge in [0.1, 0.15) is 13.6 Å². The molecular weight excluding hydrogens is 396 g/mol. The maximum absolute atomic E-state index is 11.6. The summed E-state index contributed by atoms with van der Waals surface area (Å²) >= 11 is 0. The molecule has 178 valence electrons. The Morgan fingerprint density at radius 3 is 1.80 bits per heavy atom. The summed E-state index contributed by atoms with van der Waals surface area (Å²) in [7, 11) is 0. The van der Waals surface area contributed by atoms with Crippen molar-refractivity contribution in [3.05, 3.63) is 0 Å². The van der Waals surface area contributed by atoms with Gasteiger partial charge in [-0.15, -0.1) is 0 Å². The lowest BCUT2D eigenvalue weighted by Crippen LogP contribution is -2.32. The van der Waals surface area contributed by atoms with Crippen LogP contribution in [0, 0.1) is 5.92 Å². The first-order valence-corrected chi connectivity index (χ1v) is 10.4. The number of hydrogen-bond acceptors (Lipinski definition) is 8. The van der Waals surface area contributed by atoms with Crippen molar-refractivity contribution in [1.29, 1.82) is 0 Å². The third kappa shape index (κ3) is 23.0. The molecule has 0 rings (SSSR count). The van der Waals surface area contributed by atoms with E-state index >= 15 is 0 Å². The Balaban J connectivity index is 3.21. The molecule has 2 N–H and O–H groups in total. The van der Waals surface area contributed by atoms with Crippen molar-refractivity contribution in [2.24, 2.45) is 5.92 Å². The van der Waals surface area contributed by atoms with E-state index in [1.54, 1.807) is 0 Å². The van der Waals surface area contributed by atoms with Gasteiger partial charge in [-0.3, -0.25) is 9.59 Å². The number of carbonyl (C=O) groups excluding carboxylic acids is 2. The molecule has 0 aliphatic heterocycles. The van der Waals surface area contributed by atoms with Crippen molar-refractivity contribution in [3.63, 3.8) is 0 Å². The summed E-state index contributed by atoms with van der Waals surface area (Å²) in [5.74, 6) is 0.314.